The van der Waals surface area contributed by atoms with E-state index in [0.717, 1.165) is 95.0 Å². The molecule has 0 aliphatic heterocycles. The lowest BCUT2D eigenvalue weighted by molar-refractivity contribution is 0.768. The van der Waals surface area contributed by atoms with Gasteiger partial charge in [-0.15, -0.1) is 0 Å². The average Bonchev–Trinajstić information content (AvgIpc) is 3.73. The lowest BCUT2D eigenvalue weighted by Crippen LogP contribution is -2.28. The first-order chi connectivity index (χ1) is 34.1. The largest absolute Gasteiger partial charge is 0.256 e. The van der Waals surface area contributed by atoms with E-state index in [1.165, 1.54) is 11.1 Å². The molecule has 322 valence electrons. The van der Waals surface area contributed by atoms with Crippen molar-refractivity contribution in [2.24, 2.45) is 0 Å². The third-order valence-corrected chi connectivity index (χ3v) is 13.5. The first-order valence-corrected chi connectivity index (χ1v) is 23.2. The van der Waals surface area contributed by atoms with Crippen molar-refractivity contribution < 1.29 is 0 Å². The fraction of sp³-hybridized carbons (Fsp3) is 0.0154. The number of rotatable bonds is 9. The van der Waals surface area contributed by atoms with Crippen LogP contribution < -0.4 is 0 Å². The summed E-state index contributed by atoms with van der Waals surface area (Å²) in [7, 11) is 0. The quantitative estimate of drug-likeness (QED) is 0.145. The number of nitrogens with zero attached hydrogens (tertiary/aromatic N) is 4. The molecular weight excluding hydrogens is 837 g/mol. The van der Waals surface area contributed by atoms with Gasteiger partial charge in [0.05, 0.1) is 34.1 Å². The molecule has 2 aromatic heterocycles. The second-order valence-electron chi connectivity index (χ2n) is 17.5. The monoisotopic (exact) mass is 878 g/mol. The maximum absolute atomic E-state index is 10.3. The van der Waals surface area contributed by atoms with Crippen LogP contribution in [0.1, 0.15) is 27.8 Å². The normalized spacial score (nSPS) is 12.2. The highest BCUT2D eigenvalue weighted by Crippen LogP contribution is 2.57. The van der Waals surface area contributed by atoms with Gasteiger partial charge >= 0.3 is 0 Å². The van der Waals surface area contributed by atoms with Crippen LogP contribution in [0.5, 0.6) is 0 Å². The zero-order valence-electron chi connectivity index (χ0n) is 37.5. The van der Waals surface area contributed by atoms with E-state index in [2.05, 4.69) is 211 Å². The molecule has 0 saturated heterocycles. The molecule has 0 radical (unpaired) electrons. The van der Waals surface area contributed by atoms with Crippen molar-refractivity contribution in [1.82, 2.24) is 15.0 Å². The summed E-state index contributed by atoms with van der Waals surface area (Å²) in [6.07, 6.45) is 1.83. The van der Waals surface area contributed by atoms with Crippen LogP contribution in [0.15, 0.2) is 255 Å². The molecule has 1 aliphatic rings. The summed E-state index contributed by atoms with van der Waals surface area (Å²) in [5, 5.41) is 10.3. The van der Waals surface area contributed by atoms with Gasteiger partial charge in [-0.2, -0.15) is 5.26 Å². The Morgan fingerprint density at radius 2 is 0.768 bits per heavy atom. The number of hydrogen-bond acceptors (Lipinski definition) is 4. The molecule has 0 atom stereocenters. The third kappa shape index (κ3) is 7.49. The second-order valence-corrected chi connectivity index (χ2v) is 17.5. The minimum atomic E-state index is -0.681. The van der Waals surface area contributed by atoms with Gasteiger partial charge in [0, 0.05) is 28.5 Å². The molecule has 11 aromatic rings. The summed E-state index contributed by atoms with van der Waals surface area (Å²) in [6.45, 7) is 0. The first-order valence-electron chi connectivity index (χ1n) is 23.2. The Morgan fingerprint density at radius 1 is 0.319 bits per heavy atom. The zero-order valence-corrected chi connectivity index (χ0v) is 37.5. The maximum Gasteiger partial charge on any atom is 0.160 e. The number of aromatic nitrogens is 3. The predicted octanol–water partition coefficient (Wildman–Crippen LogP) is 15.8. The number of hydrogen-bond donors (Lipinski definition) is 0. The number of fused-ring (bicyclic) bond motifs is 3. The molecule has 4 heteroatoms. The smallest absolute Gasteiger partial charge is 0.160 e. The molecule has 0 amide bonds. The summed E-state index contributed by atoms with van der Waals surface area (Å²) in [5.74, 6) is 0.657. The summed E-state index contributed by atoms with van der Waals surface area (Å²) in [6, 6.07) is 89.9. The van der Waals surface area contributed by atoms with Gasteiger partial charge in [-0.25, -0.2) is 9.97 Å². The standard InChI is InChI=1S/C65H42N4/c66-43-44-24-34-57-58-35-33-51(41-60(58)65(59(57)37-44,55-19-9-3-10-20-55)56-21-11-4-12-22-56)53-38-52(47-27-29-48(30-28-47)61-23-13-14-36-67-61)39-54(40-53)63-42-62(68-64(69-63)50-17-7-2-8-18-50)49-31-25-46(26-32-49)45-15-5-1-6-16-45/h1-42H. The third-order valence-electron chi connectivity index (χ3n) is 13.5. The van der Waals surface area contributed by atoms with E-state index >= 15 is 0 Å². The van der Waals surface area contributed by atoms with E-state index in [-0.39, 0.29) is 0 Å². The van der Waals surface area contributed by atoms with Crippen LogP contribution in [0.3, 0.4) is 0 Å². The molecule has 0 fully saturated rings. The number of benzene rings is 9. The fourth-order valence-electron chi connectivity index (χ4n) is 10.1. The molecular formula is C65H42N4. The van der Waals surface area contributed by atoms with Crippen molar-refractivity contribution in [2.75, 3.05) is 0 Å². The lowest BCUT2D eigenvalue weighted by atomic mass is 9.67. The molecule has 1 aliphatic carbocycles. The summed E-state index contributed by atoms with van der Waals surface area (Å²) >= 11 is 0. The van der Waals surface area contributed by atoms with Crippen LogP contribution >= 0.6 is 0 Å². The SMILES string of the molecule is N#Cc1ccc2c(c1)C(c1ccccc1)(c1ccccc1)c1cc(-c3cc(-c4ccc(-c5ccccn5)cc4)cc(-c4cc(-c5ccc(-c6ccccc6)cc5)nc(-c5ccccc5)n4)c3)ccc1-2. The highest BCUT2D eigenvalue weighted by Gasteiger charge is 2.46. The molecule has 0 N–H and O–H groups in total. The van der Waals surface area contributed by atoms with E-state index in [0.29, 0.717) is 11.4 Å². The molecule has 0 unspecified atom stereocenters. The Bertz CT molecular complexity index is 3640. The van der Waals surface area contributed by atoms with E-state index in [1.807, 2.05) is 54.7 Å². The van der Waals surface area contributed by atoms with Gasteiger partial charge < -0.3 is 0 Å². The van der Waals surface area contributed by atoms with Crippen molar-refractivity contribution in [1.29, 1.82) is 5.26 Å². The summed E-state index contributed by atoms with van der Waals surface area (Å²) < 4.78 is 0. The van der Waals surface area contributed by atoms with Crippen LogP contribution in [-0.4, -0.2) is 15.0 Å². The number of nitriles is 1. The molecule has 9 aromatic carbocycles. The fourth-order valence-corrected chi connectivity index (χ4v) is 10.1. The minimum absolute atomic E-state index is 0.635. The first kappa shape index (κ1) is 41.2. The van der Waals surface area contributed by atoms with Crippen molar-refractivity contribution in [3.63, 3.8) is 0 Å². The van der Waals surface area contributed by atoms with Crippen molar-refractivity contribution >= 4 is 0 Å². The Kier molecular flexibility index (Phi) is 10.4. The van der Waals surface area contributed by atoms with Crippen LogP contribution in [0, 0.1) is 11.3 Å². The topological polar surface area (TPSA) is 62.5 Å². The molecule has 0 bridgehead atoms. The van der Waals surface area contributed by atoms with Gasteiger partial charge in [-0.3, -0.25) is 4.98 Å². The van der Waals surface area contributed by atoms with Crippen LogP contribution in [0.2, 0.25) is 0 Å². The highest BCUT2D eigenvalue weighted by atomic mass is 14.9. The van der Waals surface area contributed by atoms with Crippen LogP contribution in [0.4, 0.5) is 0 Å². The van der Waals surface area contributed by atoms with Gasteiger partial charge in [-0.1, -0.05) is 194 Å². The van der Waals surface area contributed by atoms with Crippen molar-refractivity contribution in [3.05, 3.63) is 283 Å². The Labute approximate surface area is 402 Å². The predicted molar refractivity (Wildman–Crippen MR) is 280 cm³/mol. The van der Waals surface area contributed by atoms with Crippen molar-refractivity contribution in [2.45, 2.75) is 5.41 Å². The maximum atomic E-state index is 10.3. The zero-order chi connectivity index (χ0) is 46.2. The molecule has 12 rings (SSSR count). The second kappa shape index (κ2) is 17.5. The van der Waals surface area contributed by atoms with E-state index < -0.39 is 5.41 Å². The molecule has 69 heavy (non-hydrogen) atoms. The summed E-state index contributed by atoms with van der Waals surface area (Å²) in [5.41, 5.74) is 19.9. The highest BCUT2D eigenvalue weighted by molar-refractivity contribution is 5.90. The van der Waals surface area contributed by atoms with Gasteiger partial charge in [0.15, 0.2) is 5.82 Å². The molecule has 4 nitrogen and oxygen atoms in total. The Balaban J connectivity index is 1.07. The molecule has 0 saturated carbocycles. The van der Waals surface area contributed by atoms with Gasteiger partial charge in [-0.05, 0) is 121 Å². The van der Waals surface area contributed by atoms with E-state index in [9.17, 15) is 5.26 Å². The molecule has 2 heterocycles. The van der Waals surface area contributed by atoms with Crippen LogP contribution in [0.25, 0.3) is 89.7 Å². The molecule has 0 spiro atoms. The van der Waals surface area contributed by atoms with E-state index in [4.69, 9.17) is 9.97 Å². The lowest BCUT2D eigenvalue weighted by Gasteiger charge is -2.34. The Morgan fingerprint density at radius 3 is 1.36 bits per heavy atom. The van der Waals surface area contributed by atoms with Gasteiger partial charge in [0.2, 0.25) is 0 Å². The average molecular weight is 879 g/mol. The minimum Gasteiger partial charge on any atom is -0.256 e. The van der Waals surface area contributed by atoms with Crippen LogP contribution in [-0.2, 0) is 5.41 Å². The van der Waals surface area contributed by atoms with Crippen molar-refractivity contribution in [3.8, 4) is 95.7 Å². The number of pyridine rings is 1. The van der Waals surface area contributed by atoms with Gasteiger partial charge in [0.1, 0.15) is 0 Å². The Hall–Kier alpha value is -9.30. The van der Waals surface area contributed by atoms with Gasteiger partial charge in [0.25, 0.3) is 0 Å². The van der Waals surface area contributed by atoms with E-state index in [1.54, 1.807) is 0 Å². The summed E-state index contributed by atoms with van der Waals surface area (Å²) in [4.78, 5) is 15.2.